The maximum atomic E-state index is 11.2. The van der Waals surface area contributed by atoms with E-state index < -0.39 is 11.5 Å². The molecule has 0 bridgehead atoms. The van der Waals surface area contributed by atoms with Crippen LogP contribution in [0.25, 0.3) is 0 Å². The van der Waals surface area contributed by atoms with Crippen LogP contribution in [0.5, 0.6) is 0 Å². The number of hydrogen-bond donors (Lipinski definition) is 1. The summed E-state index contributed by atoms with van der Waals surface area (Å²) in [5.41, 5.74) is -0.888. The van der Waals surface area contributed by atoms with Gasteiger partial charge in [0.2, 0.25) is 0 Å². The van der Waals surface area contributed by atoms with E-state index in [4.69, 9.17) is 4.74 Å². The van der Waals surface area contributed by atoms with Crippen molar-refractivity contribution in [3.8, 4) is 0 Å². The molecule has 0 fully saturated rings. The van der Waals surface area contributed by atoms with E-state index in [9.17, 15) is 9.90 Å². The van der Waals surface area contributed by atoms with Crippen LogP contribution >= 0.6 is 0 Å². The van der Waals surface area contributed by atoms with E-state index >= 15 is 0 Å². The summed E-state index contributed by atoms with van der Waals surface area (Å²) in [6.07, 6.45) is 0. The van der Waals surface area contributed by atoms with Gasteiger partial charge in [0.05, 0.1) is 6.61 Å². The van der Waals surface area contributed by atoms with Crippen LogP contribution in [-0.2, 0) is 9.53 Å². The Bertz CT molecular complexity index is 222. The number of hydrogen-bond acceptors (Lipinski definition) is 3. The van der Waals surface area contributed by atoms with Crippen molar-refractivity contribution in [1.82, 2.24) is 4.90 Å². The molecule has 1 N–H and O–H groups in total. The molecule has 4 nitrogen and oxygen atoms in total. The fourth-order valence-corrected chi connectivity index (χ4v) is 1.50. The Morgan fingerprint density at radius 2 is 1.80 bits per heavy atom. The number of nitrogens with zero attached hydrogens (tertiary/aromatic N) is 1. The smallest absolute Gasteiger partial charge is 0.326 e. The molecule has 0 aliphatic carbocycles. The number of aliphatic carboxylic acids is 1. The fourth-order valence-electron chi connectivity index (χ4n) is 1.50. The van der Waals surface area contributed by atoms with Crippen molar-refractivity contribution in [1.29, 1.82) is 0 Å². The summed E-state index contributed by atoms with van der Waals surface area (Å²) in [6.45, 7) is 8.83. The minimum absolute atomic E-state index is 0.0687. The maximum absolute atomic E-state index is 11.2. The zero-order chi connectivity index (χ0) is 12.3. The lowest BCUT2D eigenvalue weighted by atomic mass is 9.92. The molecule has 15 heavy (non-hydrogen) atoms. The number of methoxy groups -OCH3 is 1. The molecule has 0 amide bonds. The van der Waals surface area contributed by atoms with Crippen molar-refractivity contribution in [3.63, 3.8) is 0 Å². The highest BCUT2D eigenvalue weighted by Gasteiger charge is 2.38. The quantitative estimate of drug-likeness (QED) is 0.757. The topological polar surface area (TPSA) is 49.8 Å². The third-order valence-corrected chi connectivity index (χ3v) is 2.44. The zero-order valence-electron chi connectivity index (χ0n) is 10.6. The monoisotopic (exact) mass is 217 g/mol. The summed E-state index contributed by atoms with van der Waals surface area (Å²) in [4.78, 5) is 13.0. The highest BCUT2D eigenvalue weighted by atomic mass is 16.5. The van der Waals surface area contributed by atoms with E-state index in [-0.39, 0.29) is 12.0 Å². The molecule has 0 aliphatic heterocycles. The molecule has 0 saturated carbocycles. The van der Waals surface area contributed by atoms with Crippen LogP contribution in [-0.4, -0.2) is 48.8 Å². The summed E-state index contributed by atoms with van der Waals surface area (Å²) in [5.74, 6) is -0.851. The summed E-state index contributed by atoms with van der Waals surface area (Å²) in [5, 5.41) is 9.21. The van der Waals surface area contributed by atoms with Gasteiger partial charge in [-0.3, -0.25) is 9.69 Å². The molecule has 0 aromatic heterocycles. The molecule has 0 rings (SSSR count). The van der Waals surface area contributed by atoms with E-state index in [1.165, 1.54) is 7.11 Å². The Morgan fingerprint density at radius 1 is 1.33 bits per heavy atom. The molecule has 4 heteroatoms. The Hall–Kier alpha value is -0.610. The SMILES string of the molecule is COCC(C)(C(=O)O)N(C)CC(C)(C)C. The normalized spacial score (nSPS) is 16.5. The van der Waals surface area contributed by atoms with Gasteiger partial charge in [-0.1, -0.05) is 20.8 Å². The van der Waals surface area contributed by atoms with Crippen molar-refractivity contribution in [3.05, 3.63) is 0 Å². The number of carboxylic acid groups (broad SMARTS) is 1. The van der Waals surface area contributed by atoms with Gasteiger partial charge in [0.1, 0.15) is 5.54 Å². The molecule has 1 unspecified atom stereocenters. The first-order chi connectivity index (χ1) is 6.63. The highest BCUT2D eigenvalue weighted by molar-refractivity contribution is 5.78. The van der Waals surface area contributed by atoms with Crippen LogP contribution in [0.3, 0.4) is 0 Å². The minimum Gasteiger partial charge on any atom is -0.480 e. The summed E-state index contributed by atoms with van der Waals surface area (Å²) in [6, 6.07) is 0. The Labute approximate surface area is 92.2 Å². The average molecular weight is 217 g/mol. The van der Waals surface area contributed by atoms with E-state index in [0.29, 0.717) is 6.54 Å². The highest BCUT2D eigenvalue weighted by Crippen LogP contribution is 2.21. The van der Waals surface area contributed by atoms with E-state index in [0.717, 1.165) is 0 Å². The summed E-state index contributed by atoms with van der Waals surface area (Å²) in [7, 11) is 3.34. The van der Waals surface area contributed by atoms with Gasteiger partial charge < -0.3 is 9.84 Å². The van der Waals surface area contributed by atoms with Gasteiger partial charge in [0, 0.05) is 13.7 Å². The van der Waals surface area contributed by atoms with E-state index in [1.54, 1.807) is 6.92 Å². The molecule has 0 aliphatic rings. The van der Waals surface area contributed by atoms with Crippen LogP contribution in [0.2, 0.25) is 0 Å². The lowest BCUT2D eigenvalue weighted by Gasteiger charge is -2.38. The first-order valence-corrected chi connectivity index (χ1v) is 5.07. The van der Waals surface area contributed by atoms with E-state index in [1.807, 2.05) is 11.9 Å². The molecule has 0 aromatic rings. The van der Waals surface area contributed by atoms with Gasteiger partial charge in [0.25, 0.3) is 0 Å². The van der Waals surface area contributed by atoms with Gasteiger partial charge in [-0.15, -0.1) is 0 Å². The zero-order valence-corrected chi connectivity index (χ0v) is 10.6. The van der Waals surface area contributed by atoms with Crippen LogP contribution in [0.1, 0.15) is 27.7 Å². The number of ether oxygens (including phenoxy) is 1. The molecule has 0 aromatic carbocycles. The van der Waals surface area contributed by atoms with E-state index in [2.05, 4.69) is 20.8 Å². The third kappa shape index (κ3) is 4.18. The predicted octanol–water partition coefficient (Wildman–Crippen LogP) is 1.45. The van der Waals surface area contributed by atoms with Gasteiger partial charge in [-0.2, -0.15) is 0 Å². The van der Waals surface area contributed by atoms with Gasteiger partial charge in [0.15, 0.2) is 0 Å². The van der Waals surface area contributed by atoms with Gasteiger partial charge >= 0.3 is 5.97 Å². The van der Waals surface area contributed by atoms with Crippen molar-refractivity contribution >= 4 is 5.97 Å². The number of carbonyl (C=O) groups is 1. The van der Waals surface area contributed by atoms with Crippen molar-refractivity contribution in [2.24, 2.45) is 5.41 Å². The largest absolute Gasteiger partial charge is 0.480 e. The van der Waals surface area contributed by atoms with Crippen molar-refractivity contribution in [2.45, 2.75) is 33.2 Å². The maximum Gasteiger partial charge on any atom is 0.326 e. The van der Waals surface area contributed by atoms with Gasteiger partial charge in [-0.25, -0.2) is 0 Å². The van der Waals surface area contributed by atoms with Gasteiger partial charge in [-0.05, 0) is 19.4 Å². The lowest BCUT2D eigenvalue weighted by molar-refractivity contribution is -0.154. The second kappa shape index (κ2) is 4.94. The van der Waals surface area contributed by atoms with Crippen molar-refractivity contribution in [2.75, 3.05) is 27.3 Å². The second-order valence-corrected chi connectivity index (χ2v) is 5.43. The standard InChI is InChI=1S/C11H23NO3/c1-10(2,3)7-12(5)11(4,8-15-6)9(13)14/h7-8H2,1-6H3,(H,13,14). The average Bonchev–Trinajstić information content (AvgIpc) is 2.00. The van der Waals surface area contributed by atoms with Crippen LogP contribution in [0.15, 0.2) is 0 Å². The number of carboxylic acids is 1. The predicted molar refractivity (Wildman–Crippen MR) is 60.0 cm³/mol. The Balaban J connectivity index is 4.70. The molecule has 0 heterocycles. The van der Waals surface area contributed by atoms with Crippen LogP contribution < -0.4 is 0 Å². The molecule has 0 spiro atoms. The first-order valence-electron chi connectivity index (χ1n) is 5.07. The molecule has 1 atom stereocenters. The number of likely N-dealkylation sites (N-methyl/N-ethyl adjacent to an activating group) is 1. The fraction of sp³-hybridized carbons (Fsp3) is 0.909. The van der Waals surface area contributed by atoms with Crippen LogP contribution in [0.4, 0.5) is 0 Å². The Kier molecular flexibility index (Phi) is 4.74. The van der Waals surface area contributed by atoms with Crippen molar-refractivity contribution < 1.29 is 14.6 Å². The lowest BCUT2D eigenvalue weighted by Crippen LogP contribution is -2.55. The third-order valence-electron chi connectivity index (χ3n) is 2.44. The Morgan fingerprint density at radius 3 is 2.07 bits per heavy atom. The second-order valence-electron chi connectivity index (χ2n) is 5.43. The molecular formula is C11H23NO3. The first kappa shape index (κ1) is 14.4. The molecule has 0 radical (unpaired) electrons. The summed E-state index contributed by atoms with van der Waals surface area (Å²) >= 11 is 0. The summed E-state index contributed by atoms with van der Waals surface area (Å²) < 4.78 is 4.98. The van der Waals surface area contributed by atoms with Crippen LogP contribution in [0, 0.1) is 5.41 Å². The molecular weight excluding hydrogens is 194 g/mol. The number of rotatable bonds is 5. The molecule has 90 valence electrons. The molecule has 0 saturated heterocycles. The minimum atomic E-state index is -0.956.